The van der Waals surface area contributed by atoms with Gasteiger partial charge >= 0.3 is 12.1 Å². The van der Waals surface area contributed by atoms with Gasteiger partial charge in [0.15, 0.2) is 0 Å². The quantitative estimate of drug-likeness (QED) is 0.723. The minimum Gasteiger partial charge on any atom is -0.469 e. The van der Waals surface area contributed by atoms with E-state index in [1.807, 2.05) is 25.7 Å². The Morgan fingerprint density at radius 1 is 0.958 bits per heavy atom. The van der Waals surface area contributed by atoms with Gasteiger partial charge in [-0.25, -0.2) is 4.79 Å². The number of carbonyl (C=O) groups excluding carboxylic acids is 2. The number of amides is 1. The van der Waals surface area contributed by atoms with E-state index in [-0.39, 0.29) is 18.0 Å². The molecule has 24 heavy (non-hydrogen) atoms. The molecule has 0 radical (unpaired) electrons. The van der Waals surface area contributed by atoms with Gasteiger partial charge in [-0.05, 0) is 66.0 Å². The Morgan fingerprint density at radius 3 is 2.21 bits per heavy atom. The highest BCUT2D eigenvalue weighted by Gasteiger charge is 2.31. The summed E-state index contributed by atoms with van der Waals surface area (Å²) in [5.41, 5.74) is -0.446. The Morgan fingerprint density at radius 2 is 1.62 bits per heavy atom. The first-order chi connectivity index (χ1) is 11.3. The topological polar surface area (TPSA) is 59.1 Å². The molecule has 0 aromatic rings. The van der Waals surface area contributed by atoms with E-state index in [0.29, 0.717) is 6.04 Å². The van der Waals surface area contributed by atoms with Gasteiger partial charge in [0.25, 0.3) is 0 Å². The molecule has 2 aliphatic heterocycles. The molecule has 138 valence electrons. The number of hydrogen-bond acceptors (Lipinski definition) is 5. The molecule has 6 heteroatoms. The molecule has 0 N–H and O–H groups in total. The Hall–Kier alpha value is -1.30. The zero-order chi connectivity index (χ0) is 17.7. The van der Waals surface area contributed by atoms with Gasteiger partial charge in [0.05, 0.1) is 13.0 Å². The summed E-state index contributed by atoms with van der Waals surface area (Å²) in [6.07, 6.45) is 4.62. The molecule has 6 nitrogen and oxygen atoms in total. The molecule has 1 amide bonds. The number of nitrogens with zero attached hydrogens (tertiary/aromatic N) is 2. The van der Waals surface area contributed by atoms with E-state index in [1.165, 1.54) is 7.11 Å². The van der Waals surface area contributed by atoms with Crippen molar-refractivity contribution in [2.75, 3.05) is 33.3 Å². The summed E-state index contributed by atoms with van der Waals surface area (Å²) in [7, 11) is 1.46. The number of esters is 1. The van der Waals surface area contributed by atoms with Crippen LogP contribution >= 0.6 is 0 Å². The molecule has 1 atom stereocenters. The second-order valence-electron chi connectivity index (χ2n) is 7.89. The van der Waals surface area contributed by atoms with E-state index in [1.54, 1.807) is 0 Å². The highest BCUT2D eigenvalue weighted by atomic mass is 16.6. The van der Waals surface area contributed by atoms with E-state index in [0.717, 1.165) is 58.3 Å². The van der Waals surface area contributed by atoms with Crippen molar-refractivity contribution < 1.29 is 19.1 Å². The number of hydrogen-bond donors (Lipinski definition) is 0. The Balaban J connectivity index is 1.81. The molecule has 0 spiro atoms. The Kier molecular flexibility index (Phi) is 6.49. The van der Waals surface area contributed by atoms with Crippen LogP contribution in [0.2, 0.25) is 0 Å². The monoisotopic (exact) mass is 340 g/mol. The predicted molar refractivity (Wildman–Crippen MR) is 91.8 cm³/mol. The van der Waals surface area contributed by atoms with Crippen molar-refractivity contribution in [3.05, 3.63) is 0 Å². The number of ether oxygens (including phenoxy) is 2. The zero-order valence-electron chi connectivity index (χ0n) is 15.5. The van der Waals surface area contributed by atoms with Gasteiger partial charge in [-0.2, -0.15) is 0 Å². The Labute approximate surface area is 145 Å². The first kappa shape index (κ1) is 19.0. The van der Waals surface area contributed by atoms with Crippen LogP contribution in [0.4, 0.5) is 4.79 Å². The molecular weight excluding hydrogens is 308 g/mol. The van der Waals surface area contributed by atoms with Gasteiger partial charge in [0, 0.05) is 19.1 Å². The molecule has 0 aromatic heterocycles. The molecule has 2 fully saturated rings. The van der Waals surface area contributed by atoms with E-state index >= 15 is 0 Å². The first-order valence-electron chi connectivity index (χ1n) is 9.10. The average molecular weight is 340 g/mol. The van der Waals surface area contributed by atoms with Crippen molar-refractivity contribution >= 4 is 12.1 Å². The molecule has 0 saturated carbocycles. The lowest BCUT2D eigenvalue weighted by Gasteiger charge is -2.36. The first-order valence-corrected chi connectivity index (χ1v) is 9.10. The fraction of sp³-hybridized carbons (Fsp3) is 0.889. The molecule has 2 saturated heterocycles. The van der Waals surface area contributed by atoms with Crippen molar-refractivity contribution in [1.82, 2.24) is 9.80 Å². The summed E-state index contributed by atoms with van der Waals surface area (Å²) in [5.74, 6) is -0.0260. The molecule has 0 aliphatic carbocycles. The van der Waals surface area contributed by atoms with Crippen LogP contribution in [0.5, 0.6) is 0 Å². The summed E-state index contributed by atoms with van der Waals surface area (Å²) >= 11 is 0. The molecule has 1 unspecified atom stereocenters. The zero-order valence-corrected chi connectivity index (χ0v) is 15.5. The van der Waals surface area contributed by atoms with Crippen LogP contribution in [0.1, 0.15) is 52.9 Å². The number of carbonyl (C=O) groups is 2. The fourth-order valence-electron chi connectivity index (χ4n) is 3.62. The van der Waals surface area contributed by atoms with Gasteiger partial charge in [0.1, 0.15) is 5.60 Å². The third kappa shape index (κ3) is 5.36. The van der Waals surface area contributed by atoms with Crippen LogP contribution in [-0.2, 0) is 14.3 Å². The normalized spacial score (nSPS) is 24.3. The van der Waals surface area contributed by atoms with Crippen LogP contribution in [-0.4, -0.2) is 66.8 Å². The SMILES string of the molecule is COC(=O)C1CCN(C2CCCN(C(=O)OC(C)(C)C)CC2)CC1. The van der Waals surface area contributed by atoms with Gasteiger partial charge < -0.3 is 19.3 Å². The maximum atomic E-state index is 12.2. The van der Waals surface area contributed by atoms with Crippen molar-refractivity contribution in [3.8, 4) is 0 Å². The highest BCUT2D eigenvalue weighted by Crippen LogP contribution is 2.25. The summed E-state index contributed by atoms with van der Waals surface area (Å²) in [6, 6.07) is 0.496. The lowest BCUT2D eigenvalue weighted by atomic mass is 9.94. The standard InChI is InChI=1S/C18H32N2O4/c1-18(2,3)24-17(22)20-10-5-6-15(9-13-20)19-11-7-14(8-12-19)16(21)23-4/h14-15H,5-13H2,1-4H3. The molecule has 0 bridgehead atoms. The van der Waals surface area contributed by atoms with E-state index in [9.17, 15) is 9.59 Å². The third-order valence-electron chi connectivity index (χ3n) is 4.93. The van der Waals surface area contributed by atoms with Gasteiger partial charge in [0.2, 0.25) is 0 Å². The van der Waals surface area contributed by atoms with Gasteiger partial charge in [-0.1, -0.05) is 0 Å². The second kappa shape index (κ2) is 8.19. The lowest BCUT2D eigenvalue weighted by molar-refractivity contribution is -0.147. The predicted octanol–water partition coefficient (Wildman–Crippen LogP) is 2.66. The largest absolute Gasteiger partial charge is 0.469 e. The number of methoxy groups -OCH3 is 1. The van der Waals surface area contributed by atoms with E-state index in [2.05, 4.69) is 4.90 Å². The minimum atomic E-state index is -0.446. The van der Waals surface area contributed by atoms with Gasteiger partial charge in [-0.15, -0.1) is 0 Å². The smallest absolute Gasteiger partial charge is 0.410 e. The summed E-state index contributed by atoms with van der Waals surface area (Å²) in [4.78, 5) is 28.2. The lowest BCUT2D eigenvalue weighted by Crippen LogP contribution is -2.43. The number of rotatable bonds is 2. The van der Waals surface area contributed by atoms with Crippen LogP contribution in [0.3, 0.4) is 0 Å². The van der Waals surface area contributed by atoms with E-state index in [4.69, 9.17) is 9.47 Å². The second-order valence-corrected chi connectivity index (χ2v) is 7.89. The van der Waals surface area contributed by atoms with Crippen LogP contribution in [0.25, 0.3) is 0 Å². The summed E-state index contributed by atoms with van der Waals surface area (Å²) in [5, 5.41) is 0. The van der Waals surface area contributed by atoms with Crippen molar-refractivity contribution in [3.63, 3.8) is 0 Å². The van der Waals surface area contributed by atoms with Crippen molar-refractivity contribution in [1.29, 1.82) is 0 Å². The molecule has 2 heterocycles. The maximum absolute atomic E-state index is 12.2. The Bertz CT molecular complexity index is 439. The number of likely N-dealkylation sites (tertiary alicyclic amines) is 2. The van der Waals surface area contributed by atoms with Crippen LogP contribution in [0, 0.1) is 5.92 Å². The summed E-state index contributed by atoms with van der Waals surface area (Å²) in [6.45, 7) is 9.10. The fourth-order valence-corrected chi connectivity index (χ4v) is 3.62. The van der Waals surface area contributed by atoms with Crippen LogP contribution in [0.15, 0.2) is 0 Å². The maximum Gasteiger partial charge on any atom is 0.410 e. The number of piperidine rings is 1. The molecule has 0 aromatic carbocycles. The molecule has 2 rings (SSSR count). The molecule has 2 aliphatic rings. The van der Waals surface area contributed by atoms with Crippen LogP contribution < -0.4 is 0 Å². The molecular formula is C18H32N2O4. The van der Waals surface area contributed by atoms with E-state index < -0.39 is 5.60 Å². The minimum absolute atomic E-state index is 0.0512. The van der Waals surface area contributed by atoms with Crippen molar-refractivity contribution in [2.24, 2.45) is 5.92 Å². The third-order valence-corrected chi connectivity index (χ3v) is 4.93. The highest BCUT2D eigenvalue weighted by molar-refractivity contribution is 5.72. The average Bonchev–Trinajstić information content (AvgIpc) is 2.79. The van der Waals surface area contributed by atoms with Gasteiger partial charge in [-0.3, -0.25) is 4.79 Å². The van der Waals surface area contributed by atoms with Crippen molar-refractivity contribution in [2.45, 2.75) is 64.5 Å². The summed E-state index contributed by atoms with van der Waals surface area (Å²) < 4.78 is 10.3.